The van der Waals surface area contributed by atoms with Crippen LogP contribution in [0.5, 0.6) is 0 Å². The fraction of sp³-hybridized carbons (Fsp3) is 0.533. The van der Waals surface area contributed by atoms with Crippen molar-refractivity contribution in [2.75, 3.05) is 50.4 Å². The van der Waals surface area contributed by atoms with Gasteiger partial charge in [0, 0.05) is 50.2 Å². The van der Waals surface area contributed by atoms with Gasteiger partial charge in [0.2, 0.25) is 0 Å². The largest absolute Gasteiger partial charge is 0.367 e. The fourth-order valence-electron chi connectivity index (χ4n) is 3.00. The van der Waals surface area contributed by atoms with Crippen LogP contribution in [0.15, 0.2) is 23.1 Å². The Morgan fingerprint density at radius 2 is 2.05 bits per heavy atom. The van der Waals surface area contributed by atoms with Gasteiger partial charge in [0.15, 0.2) is 0 Å². The molecule has 0 saturated carbocycles. The van der Waals surface area contributed by atoms with Crippen molar-refractivity contribution in [1.29, 1.82) is 5.26 Å². The third kappa shape index (κ3) is 2.51. The van der Waals surface area contributed by atoms with E-state index in [0.29, 0.717) is 6.04 Å². The molecule has 2 fully saturated rings. The lowest BCUT2D eigenvalue weighted by atomic mass is 10.0. The number of anilines is 1. The molecule has 0 amide bonds. The van der Waals surface area contributed by atoms with Gasteiger partial charge in [-0.3, -0.25) is 4.90 Å². The van der Waals surface area contributed by atoms with Crippen LogP contribution in [0.2, 0.25) is 0 Å². The molecule has 0 aliphatic carbocycles. The van der Waals surface area contributed by atoms with Gasteiger partial charge in [-0.1, -0.05) is 6.07 Å². The number of rotatable bonds is 3. The van der Waals surface area contributed by atoms with Gasteiger partial charge in [-0.15, -0.1) is 11.8 Å². The molecule has 0 bridgehead atoms. The minimum absolute atomic E-state index is 0.654. The Hall–Kier alpha value is -1.22. The first-order valence-corrected chi connectivity index (χ1v) is 8.33. The summed E-state index contributed by atoms with van der Waals surface area (Å²) in [5.41, 5.74) is 1.93. The highest BCUT2D eigenvalue weighted by Gasteiger charge is 2.33. The molecule has 20 heavy (non-hydrogen) atoms. The number of benzene rings is 1. The van der Waals surface area contributed by atoms with Crippen LogP contribution in [0, 0.1) is 11.3 Å². The molecule has 4 nitrogen and oxygen atoms in total. The van der Waals surface area contributed by atoms with Crippen molar-refractivity contribution < 1.29 is 0 Å². The van der Waals surface area contributed by atoms with Gasteiger partial charge in [-0.05, 0) is 18.4 Å². The summed E-state index contributed by atoms with van der Waals surface area (Å²) in [4.78, 5) is 5.98. The zero-order chi connectivity index (χ0) is 13.9. The van der Waals surface area contributed by atoms with Crippen LogP contribution in [0.25, 0.3) is 0 Å². The molecular formula is C15H20N4S. The SMILES string of the molecule is CSc1cccc(N2CC(N3CCNCC3)C2)c1C#N. The van der Waals surface area contributed by atoms with Gasteiger partial charge in [-0.25, -0.2) is 0 Å². The van der Waals surface area contributed by atoms with Gasteiger partial charge >= 0.3 is 0 Å². The van der Waals surface area contributed by atoms with Crippen LogP contribution in [-0.4, -0.2) is 56.5 Å². The second-order valence-electron chi connectivity index (χ2n) is 5.31. The molecule has 1 aromatic rings. The van der Waals surface area contributed by atoms with Crippen LogP contribution < -0.4 is 10.2 Å². The Morgan fingerprint density at radius 1 is 1.30 bits per heavy atom. The highest BCUT2D eigenvalue weighted by molar-refractivity contribution is 7.98. The third-order valence-corrected chi connectivity index (χ3v) is 4.99. The highest BCUT2D eigenvalue weighted by Crippen LogP contribution is 2.32. The molecule has 0 aromatic heterocycles. The van der Waals surface area contributed by atoms with Crippen molar-refractivity contribution in [1.82, 2.24) is 10.2 Å². The van der Waals surface area contributed by atoms with Crippen molar-refractivity contribution >= 4 is 17.4 Å². The van der Waals surface area contributed by atoms with Crippen LogP contribution in [0.1, 0.15) is 5.56 Å². The molecule has 3 rings (SSSR count). The molecule has 0 radical (unpaired) electrons. The molecule has 0 atom stereocenters. The van der Waals surface area contributed by atoms with Crippen LogP contribution >= 0.6 is 11.8 Å². The van der Waals surface area contributed by atoms with Crippen LogP contribution in [-0.2, 0) is 0 Å². The Labute approximate surface area is 124 Å². The number of hydrogen-bond acceptors (Lipinski definition) is 5. The van der Waals surface area contributed by atoms with Crippen molar-refractivity contribution in [3.05, 3.63) is 23.8 Å². The lowest BCUT2D eigenvalue weighted by Gasteiger charge is -2.48. The zero-order valence-corrected chi connectivity index (χ0v) is 12.6. The van der Waals surface area contributed by atoms with Gasteiger partial charge < -0.3 is 10.2 Å². The van der Waals surface area contributed by atoms with Gasteiger partial charge in [0.25, 0.3) is 0 Å². The minimum Gasteiger partial charge on any atom is -0.367 e. The second kappa shape index (κ2) is 6.04. The summed E-state index contributed by atoms with van der Waals surface area (Å²) in [7, 11) is 0. The van der Waals surface area contributed by atoms with Gasteiger partial charge in [0.05, 0.1) is 11.3 Å². The van der Waals surface area contributed by atoms with E-state index in [9.17, 15) is 5.26 Å². The number of nitrogens with one attached hydrogen (secondary N) is 1. The monoisotopic (exact) mass is 288 g/mol. The summed E-state index contributed by atoms with van der Waals surface area (Å²) in [5, 5.41) is 12.8. The predicted octanol–water partition coefficient (Wildman–Crippen LogP) is 1.37. The summed E-state index contributed by atoms with van der Waals surface area (Å²) in [6, 6.07) is 9.19. The number of thioether (sulfide) groups is 1. The molecule has 1 N–H and O–H groups in total. The number of nitrogens with zero attached hydrogens (tertiary/aromatic N) is 3. The van der Waals surface area contributed by atoms with Crippen molar-refractivity contribution in [2.24, 2.45) is 0 Å². The maximum absolute atomic E-state index is 9.40. The van der Waals surface area contributed by atoms with Crippen molar-refractivity contribution in [3.63, 3.8) is 0 Å². The van der Waals surface area contributed by atoms with E-state index in [1.165, 1.54) is 0 Å². The maximum atomic E-state index is 9.40. The summed E-state index contributed by atoms with van der Waals surface area (Å²) in [6.45, 7) is 6.59. The van der Waals surface area contributed by atoms with Crippen LogP contribution in [0.3, 0.4) is 0 Å². The lowest BCUT2D eigenvalue weighted by molar-refractivity contribution is 0.147. The van der Waals surface area contributed by atoms with E-state index >= 15 is 0 Å². The number of piperazine rings is 1. The molecule has 106 valence electrons. The zero-order valence-electron chi connectivity index (χ0n) is 11.8. The van der Waals surface area contributed by atoms with Gasteiger partial charge in [-0.2, -0.15) is 5.26 Å². The standard InChI is InChI=1S/C15H20N4S/c1-20-15-4-2-3-14(13(15)9-16)19-10-12(11-19)18-7-5-17-6-8-18/h2-4,12,17H,5-8,10-11H2,1H3. The molecule has 2 saturated heterocycles. The van der Waals surface area contributed by atoms with E-state index in [0.717, 1.165) is 55.4 Å². The molecule has 2 aliphatic heterocycles. The average molecular weight is 288 g/mol. The first kappa shape index (κ1) is 13.7. The summed E-state index contributed by atoms with van der Waals surface area (Å²) in [5.74, 6) is 0. The first-order chi connectivity index (χ1) is 9.83. The lowest BCUT2D eigenvalue weighted by Crippen LogP contribution is -2.63. The second-order valence-corrected chi connectivity index (χ2v) is 6.16. The molecule has 1 aromatic carbocycles. The molecule has 0 unspecified atom stereocenters. The Balaban J connectivity index is 1.69. The summed E-state index contributed by atoms with van der Waals surface area (Å²) < 4.78 is 0. The Morgan fingerprint density at radius 3 is 2.70 bits per heavy atom. The van der Waals surface area contributed by atoms with E-state index in [2.05, 4.69) is 33.3 Å². The summed E-state index contributed by atoms with van der Waals surface area (Å²) >= 11 is 1.65. The average Bonchev–Trinajstić information content (AvgIpc) is 2.46. The summed E-state index contributed by atoms with van der Waals surface area (Å²) in [6.07, 6.45) is 2.03. The molecule has 2 heterocycles. The van der Waals surface area contributed by atoms with E-state index in [1.54, 1.807) is 11.8 Å². The van der Waals surface area contributed by atoms with Crippen molar-refractivity contribution in [2.45, 2.75) is 10.9 Å². The van der Waals surface area contributed by atoms with E-state index in [-0.39, 0.29) is 0 Å². The minimum atomic E-state index is 0.654. The van der Waals surface area contributed by atoms with Gasteiger partial charge in [0.1, 0.15) is 6.07 Å². The fourth-order valence-corrected chi connectivity index (χ4v) is 3.56. The topological polar surface area (TPSA) is 42.3 Å². The highest BCUT2D eigenvalue weighted by atomic mass is 32.2. The number of nitriles is 1. The smallest absolute Gasteiger partial charge is 0.103 e. The quantitative estimate of drug-likeness (QED) is 0.851. The molecule has 2 aliphatic rings. The van der Waals surface area contributed by atoms with E-state index in [1.807, 2.05) is 12.3 Å². The Kier molecular flexibility index (Phi) is 4.16. The molecule has 0 spiro atoms. The third-order valence-electron chi connectivity index (χ3n) is 4.21. The maximum Gasteiger partial charge on any atom is 0.103 e. The molecular weight excluding hydrogens is 268 g/mol. The van der Waals surface area contributed by atoms with E-state index < -0.39 is 0 Å². The molecule has 5 heteroatoms. The normalized spacial score (nSPS) is 20.5. The first-order valence-electron chi connectivity index (χ1n) is 7.10. The van der Waals surface area contributed by atoms with Crippen molar-refractivity contribution in [3.8, 4) is 6.07 Å². The van der Waals surface area contributed by atoms with E-state index in [4.69, 9.17) is 0 Å². The van der Waals surface area contributed by atoms with Crippen LogP contribution in [0.4, 0.5) is 5.69 Å². The Bertz CT molecular complexity index is 513. The predicted molar refractivity (Wildman–Crippen MR) is 83.4 cm³/mol. The number of hydrogen-bond donors (Lipinski definition) is 1.